The van der Waals surface area contributed by atoms with Gasteiger partial charge in [0.15, 0.2) is 0 Å². The second-order valence-electron chi connectivity index (χ2n) is 4.53. The lowest BCUT2D eigenvalue weighted by molar-refractivity contribution is 0.147. The summed E-state index contributed by atoms with van der Waals surface area (Å²) in [7, 11) is 0. The largest absolute Gasteiger partial charge is 0.386 e. The lowest BCUT2D eigenvalue weighted by Gasteiger charge is -2.20. The Kier molecular flexibility index (Phi) is 4.48. The zero-order valence-corrected chi connectivity index (χ0v) is 12.0. The van der Waals surface area contributed by atoms with Gasteiger partial charge in [-0.2, -0.15) is 0 Å². The van der Waals surface area contributed by atoms with Crippen molar-refractivity contribution in [1.82, 2.24) is 0 Å². The van der Waals surface area contributed by atoms with E-state index in [1.165, 1.54) is 0 Å². The van der Waals surface area contributed by atoms with Crippen molar-refractivity contribution in [3.8, 4) is 0 Å². The van der Waals surface area contributed by atoms with Gasteiger partial charge in [-0.05, 0) is 41.8 Å². The minimum Gasteiger partial charge on any atom is -0.386 e. The van der Waals surface area contributed by atoms with Gasteiger partial charge in [-0.3, -0.25) is 0 Å². The molecular formula is C15H15Cl2NO. The van der Waals surface area contributed by atoms with Crippen LogP contribution in [0.2, 0.25) is 10.0 Å². The van der Waals surface area contributed by atoms with Gasteiger partial charge < -0.3 is 10.8 Å². The average Bonchev–Trinajstić information content (AvgIpc) is 2.41. The molecule has 0 aliphatic carbocycles. The van der Waals surface area contributed by atoms with Crippen LogP contribution in [0, 0.1) is 6.92 Å². The minimum absolute atomic E-state index is 0.518. The van der Waals surface area contributed by atoms with Crippen LogP contribution in [0.3, 0.4) is 0 Å². The Morgan fingerprint density at radius 2 is 1.58 bits per heavy atom. The summed E-state index contributed by atoms with van der Waals surface area (Å²) in [4.78, 5) is 0. The molecule has 0 saturated carbocycles. The molecule has 0 radical (unpaired) electrons. The molecule has 4 heteroatoms. The first-order chi connectivity index (χ1) is 8.99. The lowest BCUT2D eigenvalue weighted by atomic mass is 9.96. The van der Waals surface area contributed by atoms with Gasteiger partial charge in [-0.25, -0.2) is 0 Å². The monoisotopic (exact) mass is 295 g/mol. The molecule has 2 nitrogen and oxygen atoms in total. The predicted octanol–water partition coefficient (Wildman–Crippen LogP) is 4.04. The van der Waals surface area contributed by atoms with Gasteiger partial charge in [0.1, 0.15) is 0 Å². The molecule has 0 amide bonds. The lowest BCUT2D eigenvalue weighted by Crippen LogP contribution is -2.19. The highest BCUT2D eigenvalue weighted by Gasteiger charge is 2.19. The van der Waals surface area contributed by atoms with Crippen molar-refractivity contribution in [1.29, 1.82) is 0 Å². The van der Waals surface area contributed by atoms with Crippen LogP contribution in [-0.2, 0) is 0 Å². The molecule has 0 fully saturated rings. The Bertz CT molecular complexity index is 569. The Morgan fingerprint density at radius 3 is 2.16 bits per heavy atom. The summed E-state index contributed by atoms with van der Waals surface area (Å²) in [5, 5.41) is 11.6. The van der Waals surface area contributed by atoms with E-state index in [1.54, 1.807) is 18.2 Å². The molecule has 19 heavy (non-hydrogen) atoms. The Balaban J connectivity index is 2.25. The first kappa shape index (κ1) is 14.4. The van der Waals surface area contributed by atoms with Crippen LogP contribution < -0.4 is 5.73 Å². The van der Waals surface area contributed by atoms with Gasteiger partial charge in [0.05, 0.1) is 12.1 Å². The number of rotatable bonds is 3. The van der Waals surface area contributed by atoms with Crippen molar-refractivity contribution >= 4 is 23.2 Å². The molecular weight excluding hydrogens is 281 g/mol. The first-order valence-electron chi connectivity index (χ1n) is 5.94. The number of nitrogens with two attached hydrogens (primary N) is 1. The number of aliphatic hydroxyl groups is 1. The number of hydrogen-bond donors (Lipinski definition) is 2. The van der Waals surface area contributed by atoms with Crippen LogP contribution in [0.4, 0.5) is 0 Å². The number of benzene rings is 2. The van der Waals surface area contributed by atoms with Gasteiger partial charge >= 0.3 is 0 Å². The second kappa shape index (κ2) is 5.93. The fourth-order valence-electron chi connectivity index (χ4n) is 1.87. The molecule has 0 bridgehead atoms. The summed E-state index contributed by atoms with van der Waals surface area (Å²) in [5.41, 5.74) is 8.58. The van der Waals surface area contributed by atoms with E-state index in [0.29, 0.717) is 15.6 Å². The molecule has 0 saturated heterocycles. The molecule has 100 valence electrons. The molecule has 2 atom stereocenters. The maximum Gasteiger partial charge on any atom is 0.0983 e. The van der Waals surface area contributed by atoms with E-state index in [2.05, 4.69) is 0 Å². The smallest absolute Gasteiger partial charge is 0.0983 e. The summed E-state index contributed by atoms with van der Waals surface area (Å²) >= 11 is 11.9. The van der Waals surface area contributed by atoms with Gasteiger partial charge in [0, 0.05) is 10.0 Å². The van der Waals surface area contributed by atoms with Crippen molar-refractivity contribution in [2.75, 3.05) is 0 Å². The van der Waals surface area contributed by atoms with E-state index in [9.17, 15) is 5.11 Å². The molecule has 2 aromatic carbocycles. The molecule has 3 N–H and O–H groups in total. The number of aliphatic hydroxyl groups excluding tert-OH is 1. The molecule has 0 aliphatic rings. The molecule has 0 aromatic heterocycles. The highest BCUT2D eigenvalue weighted by atomic mass is 35.5. The summed E-state index contributed by atoms with van der Waals surface area (Å²) in [6.07, 6.45) is -0.806. The van der Waals surface area contributed by atoms with E-state index in [1.807, 2.05) is 31.2 Å². The van der Waals surface area contributed by atoms with E-state index in [0.717, 1.165) is 11.1 Å². The van der Waals surface area contributed by atoms with Crippen LogP contribution in [0.25, 0.3) is 0 Å². The summed E-state index contributed by atoms with van der Waals surface area (Å²) in [6.45, 7) is 1.91. The average molecular weight is 296 g/mol. The fraction of sp³-hybridized carbons (Fsp3) is 0.200. The summed E-state index contributed by atoms with van der Waals surface area (Å²) in [6, 6.07) is 12.1. The number of halogens is 2. The second-order valence-corrected chi connectivity index (χ2v) is 5.37. The van der Waals surface area contributed by atoms with Gasteiger partial charge in [-0.1, -0.05) is 47.5 Å². The molecule has 2 aromatic rings. The predicted molar refractivity (Wildman–Crippen MR) is 79.5 cm³/mol. The van der Waals surface area contributed by atoms with E-state index < -0.39 is 12.1 Å². The van der Waals surface area contributed by atoms with Crippen LogP contribution in [0.5, 0.6) is 0 Å². The third-order valence-electron chi connectivity index (χ3n) is 3.13. The van der Waals surface area contributed by atoms with Crippen molar-refractivity contribution in [3.63, 3.8) is 0 Å². The molecule has 2 rings (SSSR count). The highest BCUT2D eigenvalue weighted by Crippen LogP contribution is 2.29. The molecule has 0 aliphatic heterocycles. The standard InChI is InChI=1S/C15H15Cl2NO/c1-9-2-3-11(8-13(9)17)15(19)14(18)10-4-6-12(16)7-5-10/h2-8,14-15,19H,18H2,1H3/t14-,15-/m1/s1. The van der Waals surface area contributed by atoms with Crippen LogP contribution in [-0.4, -0.2) is 5.11 Å². The first-order valence-corrected chi connectivity index (χ1v) is 6.70. The van der Waals surface area contributed by atoms with Crippen molar-refractivity contribution in [2.45, 2.75) is 19.1 Å². The maximum atomic E-state index is 10.3. The third kappa shape index (κ3) is 3.28. The van der Waals surface area contributed by atoms with Crippen LogP contribution >= 0.6 is 23.2 Å². The fourth-order valence-corrected chi connectivity index (χ4v) is 2.18. The SMILES string of the molecule is Cc1ccc([C@@H](O)[C@H](N)c2ccc(Cl)cc2)cc1Cl. The molecule has 0 unspecified atom stereocenters. The maximum absolute atomic E-state index is 10.3. The van der Waals surface area contributed by atoms with Crippen molar-refractivity contribution in [2.24, 2.45) is 5.73 Å². The van der Waals surface area contributed by atoms with E-state index in [-0.39, 0.29) is 0 Å². The quantitative estimate of drug-likeness (QED) is 0.898. The molecule has 0 spiro atoms. The van der Waals surface area contributed by atoms with Crippen LogP contribution in [0.15, 0.2) is 42.5 Å². The van der Waals surface area contributed by atoms with Gasteiger partial charge in [-0.15, -0.1) is 0 Å². The Morgan fingerprint density at radius 1 is 1.00 bits per heavy atom. The number of hydrogen-bond acceptors (Lipinski definition) is 2. The van der Waals surface area contributed by atoms with E-state index in [4.69, 9.17) is 28.9 Å². The van der Waals surface area contributed by atoms with Gasteiger partial charge in [0.25, 0.3) is 0 Å². The number of aryl methyl sites for hydroxylation is 1. The topological polar surface area (TPSA) is 46.2 Å². The normalized spacial score (nSPS) is 14.2. The zero-order chi connectivity index (χ0) is 14.0. The Hall–Kier alpha value is -1.06. The van der Waals surface area contributed by atoms with Crippen molar-refractivity contribution in [3.05, 3.63) is 69.2 Å². The van der Waals surface area contributed by atoms with Gasteiger partial charge in [0.2, 0.25) is 0 Å². The summed E-state index contributed by atoms with van der Waals surface area (Å²) < 4.78 is 0. The zero-order valence-electron chi connectivity index (χ0n) is 10.5. The minimum atomic E-state index is -0.806. The molecule has 0 heterocycles. The Labute approximate surface area is 122 Å². The summed E-state index contributed by atoms with van der Waals surface area (Å²) in [5.74, 6) is 0. The van der Waals surface area contributed by atoms with Crippen LogP contribution in [0.1, 0.15) is 28.8 Å². The third-order valence-corrected chi connectivity index (χ3v) is 3.79. The highest BCUT2D eigenvalue weighted by molar-refractivity contribution is 6.31. The van der Waals surface area contributed by atoms with Crippen molar-refractivity contribution < 1.29 is 5.11 Å². The van der Waals surface area contributed by atoms with E-state index >= 15 is 0 Å².